The standard InChI is InChI=1S/C8H8O2.C7H8.C6H4N2O4/c9-8(10)6-7-4-2-1-3-5-7;1-7-5-3-2-4-6-7;9-7(10)5-3-1-2-4-6(5)8(11)12/h1-5H,6H2,(H,9,10);2-6H,1H3;1-4H. The van der Waals surface area contributed by atoms with E-state index in [9.17, 15) is 25.0 Å². The smallest absolute Gasteiger partial charge is 0.346 e. The third-order valence-corrected chi connectivity index (χ3v) is 3.41. The van der Waals surface area contributed by atoms with E-state index in [1.165, 1.54) is 17.7 Å². The number of aryl methyl sites for hydroxylation is 1. The Hall–Kier alpha value is -4.07. The van der Waals surface area contributed by atoms with Gasteiger partial charge in [-0.25, -0.2) is 0 Å². The molecule has 150 valence electrons. The van der Waals surface area contributed by atoms with Gasteiger partial charge >= 0.3 is 17.3 Å². The van der Waals surface area contributed by atoms with E-state index < -0.39 is 27.2 Å². The summed E-state index contributed by atoms with van der Waals surface area (Å²) in [7, 11) is 0. The zero-order valence-electron chi connectivity index (χ0n) is 15.7. The number of aliphatic carboxylic acids is 1. The van der Waals surface area contributed by atoms with E-state index in [0.29, 0.717) is 0 Å². The number of carboxylic acids is 1. The van der Waals surface area contributed by atoms with E-state index >= 15 is 0 Å². The summed E-state index contributed by atoms with van der Waals surface area (Å²) in [5.41, 5.74) is 1.20. The van der Waals surface area contributed by atoms with Crippen molar-refractivity contribution in [2.45, 2.75) is 13.3 Å². The quantitative estimate of drug-likeness (QED) is 0.498. The van der Waals surface area contributed by atoms with Crippen molar-refractivity contribution >= 4 is 17.3 Å². The van der Waals surface area contributed by atoms with Gasteiger partial charge in [-0.1, -0.05) is 78.4 Å². The number of nitrogens with zero attached hydrogens (tertiary/aromatic N) is 2. The maximum Gasteiger partial charge on any atom is 0.346 e. The second kappa shape index (κ2) is 12.3. The molecule has 0 saturated carbocycles. The summed E-state index contributed by atoms with van der Waals surface area (Å²) in [5.74, 6) is -0.786. The zero-order chi connectivity index (χ0) is 21.6. The maximum atomic E-state index is 10.2. The van der Waals surface area contributed by atoms with Gasteiger partial charge in [0.05, 0.1) is 16.3 Å². The van der Waals surface area contributed by atoms with Crippen molar-refractivity contribution in [3.8, 4) is 0 Å². The fourth-order valence-corrected chi connectivity index (χ4v) is 2.08. The minimum absolute atomic E-state index is 0.112. The number of benzene rings is 3. The van der Waals surface area contributed by atoms with E-state index in [2.05, 4.69) is 19.1 Å². The molecule has 0 saturated heterocycles. The van der Waals surface area contributed by atoms with Gasteiger partial charge in [0.25, 0.3) is 0 Å². The van der Waals surface area contributed by atoms with Crippen LogP contribution in [0.15, 0.2) is 84.9 Å². The van der Waals surface area contributed by atoms with E-state index in [1.807, 2.05) is 36.4 Å². The SMILES string of the molecule is Cc1ccccc1.O=C(O)Cc1ccccc1.O=[N+]([O-])c1ccccc1[N+](=O)[O-]. The minimum atomic E-state index is -0.786. The van der Waals surface area contributed by atoms with Crippen LogP contribution in [-0.4, -0.2) is 20.9 Å². The van der Waals surface area contributed by atoms with Crippen LogP contribution >= 0.6 is 0 Å². The van der Waals surface area contributed by atoms with E-state index in [1.54, 1.807) is 12.1 Å². The largest absolute Gasteiger partial charge is 0.481 e. The van der Waals surface area contributed by atoms with Crippen LogP contribution in [0.25, 0.3) is 0 Å². The first-order chi connectivity index (χ1) is 13.8. The molecule has 0 amide bonds. The molecule has 0 aliphatic carbocycles. The molecule has 8 nitrogen and oxygen atoms in total. The third kappa shape index (κ3) is 9.43. The fourth-order valence-electron chi connectivity index (χ4n) is 2.08. The molecule has 0 bridgehead atoms. The Morgan fingerprint density at radius 2 is 1.14 bits per heavy atom. The van der Waals surface area contributed by atoms with Gasteiger partial charge < -0.3 is 5.11 Å². The average Bonchev–Trinajstić information content (AvgIpc) is 2.70. The Labute approximate surface area is 167 Å². The molecule has 0 unspecified atom stereocenters. The van der Waals surface area contributed by atoms with Gasteiger partial charge in [-0.15, -0.1) is 0 Å². The number of para-hydroxylation sites is 2. The van der Waals surface area contributed by atoms with Crippen LogP contribution in [0, 0.1) is 27.2 Å². The third-order valence-electron chi connectivity index (χ3n) is 3.41. The van der Waals surface area contributed by atoms with Gasteiger partial charge in [-0.05, 0) is 12.5 Å². The summed E-state index contributed by atoms with van der Waals surface area (Å²) in [4.78, 5) is 29.1. The van der Waals surface area contributed by atoms with Crippen LogP contribution in [0.5, 0.6) is 0 Å². The second-order valence-electron chi connectivity index (χ2n) is 5.71. The van der Waals surface area contributed by atoms with Crippen LogP contribution in [0.4, 0.5) is 11.4 Å². The Balaban J connectivity index is 0.000000225. The summed E-state index contributed by atoms with van der Waals surface area (Å²) in [6.45, 7) is 2.08. The van der Waals surface area contributed by atoms with Crippen LogP contribution in [-0.2, 0) is 11.2 Å². The zero-order valence-corrected chi connectivity index (χ0v) is 15.7. The van der Waals surface area contributed by atoms with Crippen molar-refractivity contribution in [3.05, 3.63) is 116 Å². The molecule has 0 heterocycles. The van der Waals surface area contributed by atoms with Crippen LogP contribution in [0.1, 0.15) is 11.1 Å². The number of hydrogen-bond donors (Lipinski definition) is 1. The normalized spacial score (nSPS) is 9.14. The lowest BCUT2D eigenvalue weighted by atomic mass is 10.2. The predicted molar refractivity (Wildman–Crippen MR) is 109 cm³/mol. The molecule has 0 atom stereocenters. The second-order valence-corrected chi connectivity index (χ2v) is 5.71. The Morgan fingerprint density at radius 3 is 1.45 bits per heavy atom. The van der Waals surface area contributed by atoms with Crippen LogP contribution in [0.2, 0.25) is 0 Å². The summed E-state index contributed by atoms with van der Waals surface area (Å²) < 4.78 is 0. The number of rotatable bonds is 4. The molecule has 1 N–H and O–H groups in total. The molecule has 3 aromatic carbocycles. The van der Waals surface area contributed by atoms with Crippen molar-refractivity contribution < 1.29 is 19.7 Å². The molecule has 0 radical (unpaired) electrons. The molecule has 3 aromatic rings. The van der Waals surface area contributed by atoms with Gasteiger partial charge in [-0.3, -0.25) is 25.0 Å². The molecule has 0 spiro atoms. The van der Waals surface area contributed by atoms with Crippen molar-refractivity contribution in [2.24, 2.45) is 0 Å². The molecule has 0 aliphatic rings. The van der Waals surface area contributed by atoms with Crippen molar-refractivity contribution in [1.82, 2.24) is 0 Å². The van der Waals surface area contributed by atoms with Gasteiger partial charge in [-0.2, -0.15) is 0 Å². The number of nitro groups is 2. The molecule has 8 heteroatoms. The highest BCUT2D eigenvalue weighted by molar-refractivity contribution is 5.70. The topological polar surface area (TPSA) is 124 Å². The first-order valence-corrected chi connectivity index (χ1v) is 8.46. The number of hydrogen-bond acceptors (Lipinski definition) is 5. The summed E-state index contributed by atoms with van der Waals surface area (Å²) >= 11 is 0. The highest BCUT2D eigenvalue weighted by atomic mass is 16.6. The summed E-state index contributed by atoms with van der Waals surface area (Å²) in [6.07, 6.45) is 0.112. The van der Waals surface area contributed by atoms with Crippen LogP contribution < -0.4 is 0 Å². The van der Waals surface area contributed by atoms with Crippen molar-refractivity contribution in [3.63, 3.8) is 0 Å². The predicted octanol–water partition coefficient (Wildman–Crippen LogP) is 4.81. The minimum Gasteiger partial charge on any atom is -0.481 e. The number of carboxylic acid groups (broad SMARTS) is 1. The van der Waals surface area contributed by atoms with Crippen molar-refractivity contribution in [1.29, 1.82) is 0 Å². The lowest BCUT2D eigenvalue weighted by Crippen LogP contribution is -1.98. The van der Waals surface area contributed by atoms with Crippen molar-refractivity contribution in [2.75, 3.05) is 0 Å². The number of nitro benzene ring substituents is 2. The van der Waals surface area contributed by atoms with Gasteiger partial charge in [0.15, 0.2) is 0 Å². The summed E-state index contributed by atoms with van der Waals surface area (Å²) in [5, 5.41) is 28.8. The van der Waals surface area contributed by atoms with E-state index in [-0.39, 0.29) is 6.42 Å². The Kier molecular flexibility index (Phi) is 9.78. The van der Waals surface area contributed by atoms with Gasteiger partial charge in [0.1, 0.15) is 0 Å². The molecule has 29 heavy (non-hydrogen) atoms. The average molecular weight is 396 g/mol. The Bertz CT molecular complexity index is 897. The molecular formula is C21H20N2O6. The fraction of sp³-hybridized carbons (Fsp3) is 0.0952. The summed E-state index contributed by atoms with van der Waals surface area (Å²) in [6, 6.07) is 24.3. The highest BCUT2D eigenvalue weighted by Crippen LogP contribution is 2.24. The monoisotopic (exact) mass is 396 g/mol. The maximum absolute atomic E-state index is 10.2. The lowest BCUT2D eigenvalue weighted by Gasteiger charge is -1.92. The molecule has 0 aromatic heterocycles. The van der Waals surface area contributed by atoms with E-state index in [0.717, 1.165) is 17.7 Å². The number of carbonyl (C=O) groups is 1. The van der Waals surface area contributed by atoms with Gasteiger partial charge in [0, 0.05) is 12.1 Å². The lowest BCUT2D eigenvalue weighted by molar-refractivity contribution is -0.422. The molecule has 0 aliphatic heterocycles. The van der Waals surface area contributed by atoms with E-state index in [4.69, 9.17) is 5.11 Å². The van der Waals surface area contributed by atoms with Crippen LogP contribution in [0.3, 0.4) is 0 Å². The highest BCUT2D eigenvalue weighted by Gasteiger charge is 2.21. The first kappa shape index (κ1) is 23.0. The first-order valence-electron chi connectivity index (χ1n) is 8.46. The molecule has 3 rings (SSSR count). The Morgan fingerprint density at radius 1 is 0.759 bits per heavy atom. The van der Waals surface area contributed by atoms with Gasteiger partial charge in [0.2, 0.25) is 0 Å². The molecular weight excluding hydrogens is 376 g/mol. The molecule has 0 fully saturated rings.